The van der Waals surface area contributed by atoms with E-state index in [0.717, 1.165) is 0 Å². The van der Waals surface area contributed by atoms with E-state index in [1.54, 1.807) is 0 Å². The van der Waals surface area contributed by atoms with Gasteiger partial charge in [-0.2, -0.15) is 4.98 Å². The van der Waals surface area contributed by atoms with Crippen molar-refractivity contribution in [1.29, 1.82) is 0 Å². The summed E-state index contributed by atoms with van der Waals surface area (Å²) in [7, 11) is 0. The Morgan fingerprint density at radius 2 is 2.29 bits per heavy atom. The highest BCUT2D eigenvalue weighted by atomic mass is 16.6. The number of ether oxygens (including phenoxy) is 1. The highest BCUT2D eigenvalue weighted by molar-refractivity contribution is 5.44. The Labute approximate surface area is 120 Å². The van der Waals surface area contributed by atoms with Crippen LogP contribution in [-0.2, 0) is 13.0 Å². The fourth-order valence-electron chi connectivity index (χ4n) is 1.74. The van der Waals surface area contributed by atoms with Gasteiger partial charge in [-0.05, 0) is 13.0 Å². The second-order valence-electron chi connectivity index (χ2n) is 4.40. The van der Waals surface area contributed by atoms with Gasteiger partial charge in [0.2, 0.25) is 0 Å². The minimum absolute atomic E-state index is 0.0323. The van der Waals surface area contributed by atoms with Crippen LogP contribution in [0, 0.1) is 10.1 Å². The van der Waals surface area contributed by atoms with Gasteiger partial charge in [-0.25, -0.2) is 0 Å². The Hall–Kier alpha value is -2.48. The number of nitro benzene ring substituents is 1. The van der Waals surface area contributed by atoms with Crippen LogP contribution in [0.15, 0.2) is 22.7 Å². The molecule has 0 amide bonds. The van der Waals surface area contributed by atoms with Gasteiger partial charge in [0.1, 0.15) is 5.75 Å². The van der Waals surface area contributed by atoms with Gasteiger partial charge in [-0.3, -0.25) is 10.1 Å². The lowest BCUT2D eigenvalue weighted by atomic mass is 10.1. The third-order valence-corrected chi connectivity index (χ3v) is 2.83. The number of hydrogen-bond acceptors (Lipinski definition) is 7. The summed E-state index contributed by atoms with van der Waals surface area (Å²) in [6.45, 7) is 3.44. The Balaban J connectivity index is 2.17. The molecule has 0 saturated carbocycles. The fourth-order valence-corrected chi connectivity index (χ4v) is 1.74. The van der Waals surface area contributed by atoms with Crippen LogP contribution in [0.5, 0.6) is 5.75 Å². The molecule has 0 aliphatic carbocycles. The summed E-state index contributed by atoms with van der Waals surface area (Å²) in [6, 6.07) is 4.04. The van der Waals surface area contributed by atoms with Crippen molar-refractivity contribution in [2.45, 2.75) is 33.0 Å². The van der Waals surface area contributed by atoms with Crippen LogP contribution in [-0.4, -0.2) is 20.2 Å². The molecule has 0 aliphatic rings. The van der Waals surface area contributed by atoms with Crippen molar-refractivity contribution >= 4 is 5.69 Å². The topological polar surface area (TPSA) is 112 Å². The van der Waals surface area contributed by atoms with Crippen LogP contribution < -0.4 is 4.74 Å². The molecule has 1 atom stereocenters. The van der Waals surface area contributed by atoms with E-state index < -0.39 is 11.0 Å². The molecule has 21 heavy (non-hydrogen) atoms. The van der Waals surface area contributed by atoms with Crippen molar-refractivity contribution in [3.63, 3.8) is 0 Å². The monoisotopic (exact) mass is 293 g/mol. The Kier molecular flexibility index (Phi) is 4.49. The van der Waals surface area contributed by atoms with E-state index in [-0.39, 0.29) is 12.3 Å². The lowest BCUT2D eigenvalue weighted by Crippen LogP contribution is -2.02. The predicted octanol–water partition coefficient (Wildman–Crippen LogP) is 2.17. The van der Waals surface area contributed by atoms with E-state index >= 15 is 0 Å². The van der Waals surface area contributed by atoms with Gasteiger partial charge in [0.15, 0.2) is 12.4 Å². The van der Waals surface area contributed by atoms with Crippen LogP contribution in [0.1, 0.15) is 37.2 Å². The molecule has 0 radical (unpaired) electrons. The second-order valence-corrected chi connectivity index (χ2v) is 4.40. The molecule has 0 unspecified atom stereocenters. The maximum absolute atomic E-state index is 10.8. The summed E-state index contributed by atoms with van der Waals surface area (Å²) >= 11 is 0. The highest BCUT2D eigenvalue weighted by Crippen LogP contribution is 2.29. The molecular formula is C13H15N3O5. The van der Waals surface area contributed by atoms with Crippen molar-refractivity contribution < 1.29 is 19.3 Å². The Bertz CT molecular complexity index is 638. The molecule has 8 nitrogen and oxygen atoms in total. The van der Waals surface area contributed by atoms with E-state index in [1.165, 1.54) is 25.1 Å². The first-order chi connectivity index (χ1) is 10.0. The molecular weight excluding hydrogens is 278 g/mol. The summed E-state index contributed by atoms with van der Waals surface area (Å²) in [5, 5.41) is 24.2. The van der Waals surface area contributed by atoms with Crippen molar-refractivity contribution in [3.8, 4) is 5.75 Å². The molecule has 0 bridgehead atoms. The smallest absolute Gasteiger partial charge is 0.270 e. The maximum atomic E-state index is 10.8. The molecule has 0 aliphatic heterocycles. The molecule has 2 aromatic rings. The minimum Gasteiger partial charge on any atom is -0.483 e. The minimum atomic E-state index is -0.895. The van der Waals surface area contributed by atoms with E-state index in [0.29, 0.717) is 29.4 Å². The highest BCUT2D eigenvalue weighted by Gasteiger charge is 2.16. The van der Waals surface area contributed by atoms with Crippen molar-refractivity contribution in [2.24, 2.45) is 0 Å². The van der Waals surface area contributed by atoms with Crippen LogP contribution in [0.25, 0.3) is 0 Å². The molecule has 0 saturated heterocycles. The number of hydrogen-bond donors (Lipinski definition) is 1. The first-order valence-electron chi connectivity index (χ1n) is 6.42. The van der Waals surface area contributed by atoms with E-state index in [9.17, 15) is 15.2 Å². The molecule has 0 spiro atoms. The van der Waals surface area contributed by atoms with Crippen molar-refractivity contribution in [1.82, 2.24) is 10.1 Å². The summed E-state index contributed by atoms with van der Waals surface area (Å²) < 4.78 is 10.5. The number of aryl methyl sites for hydroxylation is 1. The molecule has 1 aromatic carbocycles. The van der Waals surface area contributed by atoms with Crippen LogP contribution in [0.3, 0.4) is 0 Å². The average molecular weight is 293 g/mol. The van der Waals surface area contributed by atoms with Gasteiger partial charge in [0.25, 0.3) is 11.6 Å². The third-order valence-electron chi connectivity index (χ3n) is 2.83. The SMILES string of the molecule is CCc1noc(COc2ccc([N+](=O)[O-])cc2[C@H](C)O)n1. The van der Waals surface area contributed by atoms with Gasteiger partial charge in [0, 0.05) is 24.1 Å². The second kappa shape index (κ2) is 6.31. The number of nitro groups is 1. The lowest BCUT2D eigenvalue weighted by Gasteiger charge is -2.11. The fraction of sp³-hybridized carbons (Fsp3) is 0.385. The maximum Gasteiger partial charge on any atom is 0.270 e. The third kappa shape index (κ3) is 3.54. The van der Waals surface area contributed by atoms with Crippen LogP contribution in [0.2, 0.25) is 0 Å². The number of aliphatic hydroxyl groups excluding tert-OH is 1. The number of aliphatic hydroxyl groups is 1. The molecule has 1 N–H and O–H groups in total. The molecule has 112 valence electrons. The molecule has 1 aromatic heterocycles. The first-order valence-corrected chi connectivity index (χ1v) is 6.42. The van der Waals surface area contributed by atoms with Crippen molar-refractivity contribution in [2.75, 3.05) is 0 Å². The Morgan fingerprint density at radius 3 is 2.86 bits per heavy atom. The summed E-state index contributed by atoms with van der Waals surface area (Å²) in [6.07, 6.45) is -0.242. The van der Waals surface area contributed by atoms with Crippen molar-refractivity contribution in [3.05, 3.63) is 45.6 Å². The summed E-state index contributed by atoms with van der Waals surface area (Å²) in [5.74, 6) is 1.22. The standard InChI is InChI=1S/C13H15N3O5/c1-3-12-14-13(21-15-12)7-20-11-5-4-9(16(18)19)6-10(11)8(2)17/h4-6,8,17H,3,7H2,1-2H3/t8-/m0/s1. The number of non-ortho nitro benzene ring substituents is 1. The lowest BCUT2D eigenvalue weighted by molar-refractivity contribution is -0.385. The van der Waals surface area contributed by atoms with Crippen LogP contribution >= 0.6 is 0 Å². The van der Waals surface area contributed by atoms with Gasteiger partial charge in [0.05, 0.1) is 11.0 Å². The summed E-state index contributed by atoms with van der Waals surface area (Å²) in [4.78, 5) is 14.3. The predicted molar refractivity (Wildman–Crippen MR) is 71.7 cm³/mol. The van der Waals surface area contributed by atoms with Gasteiger partial charge < -0.3 is 14.4 Å². The number of benzene rings is 1. The molecule has 0 fully saturated rings. The zero-order chi connectivity index (χ0) is 15.4. The van der Waals surface area contributed by atoms with E-state index in [1.807, 2.05) is 6.92 Å². The number of rotatable bonds is 6. The molecule has 1 heterocycles. The number of aromatic nitrogens is 2. The largest absolute Gasteiger partial charge is 0.483 e. The van der Waals surface area contributed by atoms with Gasteiger partial charge in [-0.15, -0.1) is 0 Å². The average Bonchev–Trinajstić information content (AvgIpc) is 2.92. The zero-order valence-electron chi connectivity index (χ0n) is 11.6. The van der Waals surface area contributed by atoms with E-state index in [2.05, 4.69) is 10.1 Å². The van der Waals surface area contributed by atoms with Gasteiger partial charge >= 0.3 is 0 Å². The normalized spacial score (nSPS) is 12.1. The quantitative estimate of drug-likeness (QED) is 0.641. The Morgan fingerprint density at radius 1 is 1.52 bits per heavy atom. The summed E-state index contributed by atoms with van der Waals surface area (Å²) in [5.41, 5.74) is 0.226. The zero-order valence-corrected chi connectivity index (χ0v) is 11.6. The first kappa shape index (κ1) is 14.9. The molecule has 8 heteroatoms. The van der Waals surface area contributed by atoms with Gasteiger partial charge in [-0.1, -0.05) is 12.1 Å². The number of nitrogens with zero attached hydrogens (tertiary/aromatic N) is 3. The molecule has 2 rings (SSSR count). The van der Waals surface area contributed by atoms with Crippen LogP contribution in [0.4, 0.5) is 5.69 Å². The van der Waals surface area contributed by atoms with E-state index in [4.69, 9.17) is 9.26 Å².